The fourth-order valence-corrected chi connectivity index (χ4v) is 3.61. The van der Waals surface area contributed by atoms with Crippen molar-refractivity contribution < 1.29 is 13.9 Å². The maximum absolute atomic E-state index is 6.25. The summed E-state index contributed by atoms with van der Waals surface area (Å²) in [6, 6.07) is 2.60. The van der Waals surface area contributed by atoms with E-state index in [4.69, 9.17) is 36.8 Å². The SMILES string of the molecule is COC1(c2ccc(C3(OC)C=CC=CC3N=C(N)N)o2)C=CC=CC1N=C(N)N. The van der Waals surface area contributed by atoms with Crippen LogP contribution in [-0.4, -0.2) is 38.2 Å². The van der Waals surface area contributed by atoms with Crippen LogP contribution in [0.25, 0.3) is 0 Å². The lowest BCUT2D eigenvalue weighted by Crippen LogP contribution is -2.42. The Morgan fingerprint density at radius 3 is 1.55 bits per heavy atom. The van der Waals surface area contributed by atoms with Crippen LogP contribution < -0.4 is 22.9 Å². The zero-order chi connectivity index (χ0) is 21.1. The summed E-state index contributed by atoms with van der Waals surface area (Å²) in [5.41, 5.74) is 20.4. The number of nitrogens with zero attached hydrogens (tertiary/aromatic N) is 2. The molecule has 8 N–H and O–H groups in total. The molecule has 0 aromatic carbocycles. The second-order valence-electron chi connectivity index (χ2n) is 6.64. The number of ether oxygens (including phenoxy) is 2. The van der Waals surface area contributed by atoms with Gasteiger partial charge in [0.15, 0.2) is 23.1 Å². The number of hydrogen-bond donors (Lipinski definition) is 4. The summed E-state index contributed by atoms with van der Waals surface area (Å²) in [5.74, 6) is 0.913. The third-order valence-electron chi connectivity index (χ3n) is 5.00. The van der Waals surface area contributed by atoms with Crippen molar-refractivity contribution in [1.29, 1.82) is 0 Å². The second-order valence-corrected chi connectivity index (χ2v) is 6.64. The summed E-state index contributed by atoms with van der Waals surface area (Å²) in [6.45, 7) is 0. The van der Waals surface area contributed by atoms with Crippen molar-refractivity contribution >= 4 is 11.9 Å². The molecule has 2 aliphatic carbocycles. The number of furan rings is 1. The highest BCUT2D eigenvalue weighted by molar-refractivity contribution is 5.76. The molecule has 1 aromatic heterocycles. The first-order valence-electron chi connectivity index (χ1n) is 8.98. The maximum Gasteiger partial charge on any atom is 0.186 e. The van der Waals surface area contributed by atoms with E-state index in [1.807, 2.05) is 48.6 Å². The van der Waals surface area contributed by atoms with Crippen molar-refractivity contribution in [2.24, 2.45) is 32.9 Å². The molecule has 0 saturated heterocycles. The molecule has 0 amide bonds. The molecule has 29 heavy (non-hydrogen) atoms. The maximum atomic E-state index is 6.25. The van der Waals surface area contributed by atoms with Crippen LogP contribution in [0.1, 0.15) is 11.5 Å². The number of hydrogen-bond acceptors (Lipinski definition) is 5. The van der Waals surface area contributed by atoms with Crippen molar-refractivity contribution in [3.8, 4) is 0 Å². The molecule has 9 heteroatoms. The molecule has 4 unspecified atom stereocenters. The van der Waals surface area contributed by atoms with Gasteiger partial charge in [-0.2, -0.15) is 0 Å². The minimum absolute atomic E-state index is 0.0512. The summed E-state index contributed by atoms with van der Waals surface area (Å²) in [4.78, 5) is 8.58. The second kappa shape index (κ2) is 7.98. The van der Waals surface area contributed by atoms with Gasteiger partial charge in [-0.15, -0.1) is 0 Å². The zero-order valence-electron chi connectivity index (χ0n) is 16.4. The van der Waals surface area contributed by atoms with E-state index in [9.17, 15) is 0 Å². The molecular formula is C20H26N6O3. The molecule has 0 fully saturated rings. The van der Waals surface area contributed by atoms with Crippen LogP contribution >= 0.6 is 0 Å². The van der Waals surface area contributed by atoms with Crippen LogP contribution in [0.3, 0.4) is 0 Å². The van der Waals surface area contributed by atoms with E-state index in [1.54, 1.807) is 26.4 Å². The first kappa shape index (κ1) is 20.4. The molecular weight excluding hydrogens is 372 g/mol. The van der Waals surface area contributed by atoms with Crippen molar-refractivity contribution in [1.82, 2.24) is 0 Å². The molecule has 0 radical (unpaired) electrons. The lowest BCUT2D eigenvalue weighted by molar-refractivity contribution is -0.0201. The lowest BCUT2D eigenvalue weighted by Gasteiger charge is -2.35. The molecule has 9 nitrogen and oxygen atoms in total. The van der Waals surface area contributed by atoms with Crippen LogP contribution in [-0.2, 0) is 20.7 Å². The van der Waals surface area contributed by atoms with Crippen molar-refractivity contribution in [3.63, 3.8) is 0 Å². The van der Waals surface area contributed by atoms with E-state index < -0.39 is 23.3 Å². The molecule has 1 aromatic rings. The van der Waals surface area contributed by atoms with Gasteiger partial charge in [0.1, 0.15) is 23.6 Å². The normalized spacial score (nSPS) is 30.3. The summed E-state index contributed by atoms with van der Waals surface area (Å²) in [6.07, 6.45) is 14.7. The first-order chi connectivity index (χ1) is 13.9. The Morgan fingerprint density at radius 2 is 1.21 bits per heavy atom. The van der Waals surface area contributed by atoms with Gasteiger partial charge in [-0.05, 0) is 24.3 Å². The molecule has 3 rings (SSSR count). The largest absolute Gasteiger partial charge is 0.459 e. The van der Waals surface area contributed by atoms with E-state index in [-0.39, 0.29) is 11.9 Å². The minimum Gasteiger partial charge on any atom is -0.459 e. The average Bonchev–Trinajstić information content (AvgIpc) is 3.19. The Kier molecular flexibility index (Phi) is 5.62. The van der Waals surface area contributed by atoms with E-state index in [2.05, 4.69) is 9.98 Å². The van der Waals surface area contributed by atoms with E-state index in [1.165, 1.54) is 0 Å². The minimum atomic E-state index is -1.02. The van der Waals surface area contributed by atoms with Crippen molar-refractivity contribution in [2.45, 2.75) is 23.3 Å². The van der Waals surface area contributed by atoms with Gasteiger partial charge in [-0.25, -0.2) is 9.98 Å². The van der Waals surface area contributed by atoms with Gasteiger partial charge in [-0.3, -0.25) is 0 Å². The van der Waals surface area contributed by atoms with Gasteiger partial charge in [0.2, 0.25) is 0 Å². The Morgan fingerprint density at radius 1 is 0.793 bits per heavy atom. The van der Waals surface area contributed by atoms with Crippen LogP contribution in [0.5, 0.6) is 0 Å². The van der Waals surface area contributed by atoms with E-state index in [0.717, 1.165) is 0 Å². The third-order valence-corrected chi connectivity index (χ3v) is 5.00. The summed E-state index contributed by atoms with van der Waals surface area (Å²) in [5, 5.41) is 0. The van der Waals surface area contributed by atoms with Gasteiger partial charge in [0.05, 0.1) is 0 Å². The van der Waals surface area contributed by atoms with Crippen molar-refractivity contribution in [3.05, 3.63) is 72.3 Å². The van der Waals surface area contributed by atoms with E-state index in [0.29, 0.717) is 11.5 Å². The zero-order valence-corrected chi connectivity index (χ0v) is 16.4. The third kappa shape index (κ3) is 3.57. The summed E-state index contributed by atoms with van der Waals surface area (Å²) in [7, 11) is 3.14. The number of aliphatic imine (C=N–C) groups is 2. The van der Waals surface area contributed by atoms with Gasteiger partial charge in [0, 0.05) is 14.2 Å². The van der Waals surface area contributed by atoms with Crippen LogP contribution in [0.15, 0.2) is 75.1 Å². The molecule has 0 saturated carbocycles. The molecule has 0 spiro atoms. The van der Waals surface area contributed by atoms with Crippen LogP contribution in [0, 0.1) is 0 Å². The van der Waals surface area contributed by atoms with Gasteiger partial charge in [-0.1, -0.05) is 36.5 Å². The molecule has 154 valence electrons. The fraction of sp³-hybridized carbons (Fsp3) is 0.300. The first-order valence-corrected chi connectivity index (χ1v) is 8.98. The quantitative estimate of drug-likeness (QED) is 0.401. The highest BCUT2D eigenvalue weighted by Crippen LogP contribution is 2.42. The smallest absolute Gasteiger partial charge is 0.186 e. The highest BCUT2D eigenvalue weighted by atomic mass is 16.5. The standard InChI is InChI=1S/C20H26N6O3/c1-27-19(11-5-3-7-13(19)25-17(21)22)15-9-10-16(29-15)20(28-2)12-6-4-8-14(20)26-18(23)24/h3-14H,1-2H3,(H4,21,22,25)(H4,23,24,26). The molecule has 4 atom stereocenters. The number of rotatable bonds is 6. The van der Waals surface area contributed by atoms with Crippen molar-refractivity contribution in [2.75, 3.05) is 14.2 Å². The Bertz CT molecular complexity index is 848. The number of guanidine groups is 2. The van der Waals surface area contributed by atoms with Crippen LogP contribution in [0.2, 0.25) is 0 Å². The molecule has 1 heterocycles. The molecule has 2 aliphatic rings. The Labute approximate surface area is 169 Å². The lowest BCUT2D eigenvalue weighted by atomic mass is 9.87. The molecule has 0 bridgehead atoms. The Hall–Kier alpha value is -3.30. The van der Waals surface area contributed by atoms with Gasteiger partial charge in [0.25, 0.3) is 0 Å². The van der Waals surface area contributed by atoms with E-state index >= 15 is 0 Å². The Balaban J connectivity index is 2.09. The monoisotopic (exact) mass is 398 g/mol. The number of methoxy groups -OCH3 is 2. The highest BCUT2D eigenvalue weighted by Gasteiger charge is 2.46. The molecule has 0 aliphatic heterocycles. The predicted molar refractivity (Wildman–Crippen MR) is 112 cm³/mol. The average molecular weight is 398 g/mol. The number of allylic oxidation sites excluding steroid dienone is 4. The predicted octanol–water partition coefficient (Wildman–Crippen LogP) is 0.499. The topological polar surface area (TPSA) is 160 Å². The summed E-state index contributed by atoms with van der Waals surface area (Å²) < 4.78 is 17.9. The van der Waals surface area contributed by atoms with Gasteiger partial charge < -0.3 is 36.8 Å². The van der Waals surface area contributed by atoms with Crippen LogP contribution in [0.4, 0.5) is 0 Å². The fourth-order valence-electron chi connectivity index (χ4n) is 3.61. The summed E-state index contributed by atoms with van der Waals surface area (Å²) >= 11 is 0. The van der Waals surface area contributed by atoms with Gasteiger partial charge >= 0.3 is 0 Å². The number of nitrogens with two attached hydrogens (primary N) is 4.